The summed E-state index contributed by atoms with van der Waals surface area (Å²) in [5.41, 5.74) is 1.35. The predicted octanol–water partition coefficient (Wildman–Crippen LogP) is 2.68. The van der Waals surface area contributed by atoms with Crippen molar-refractivity contribution < 1.29 is 4.74 Å². The molecule has 8 heteroatoms. The van der Waals surface area contributed by atoms with Gasteiger partial charge in [-0.2, -0.15) is 0 Å². The van der Waals surface area contributed by atoms with Crippen molar-refractivity contribution >= 4 is 38.3 Å². The number of aromatic amines is 1. The van der Waals surface area contributed by atoms with Gasteiger partial charge in [0.25, 0.3) is 5.56 Å². The molecule has 2 aliphatic rings. The van der Waals surface area contributed by atoms with Crippen LogP contribution < -0.4 is 25.9 Å². The van der Waals surface area contributed by atoms with Crippen molar-refractivity contribution in [2.24, 2.45) is 5.92 Å². The summed E-state index contributed by atoms with van der Waals surface area (Å²) in [6.45, 7) is 4.14. The summed E-state index contributed by atoms with van der Waals surface area (Å²) in [6.07, 6.45) is 3.23. The molecular formula is C21H26N4O3S. The monoisotopic (exact) mass is 414 g/mol. The van der Waals surface area contributed by atoms with Crippen molar-refractivity contribution in [3.63, 3.8) is 0 Å². The third-order valence-corrected chi connectivity index (χ3v) is 7.45. The van der Waals surface area contributed by atoms with Crippen molar-refractivity contribution in [3.05, 3.63) is 32.7 Å². The van der Waals surface area contributed by atoms with E-state index in [0.29, 0.717) is 23.4 Å². The maximum atomic E-state index is 13.1. The molecule has 2 aromatic heterocycles. The van der Waals surface area contributed by atoms with Gasteiger partial charge in [0.05, 0.1) is 23.7 Å². The number of fused-ring (bicyclic) bond motifs is 2. The zero-order valence-electron chi connectivity index (χ0n) is 16.9. The van der Waals surface area contributed by atoms with Gasteiger partial charge in [-0.15, -0.1) is 0 Å². The standard InChI is InChI=1S/C21H26N4O3S/c1-11(22-2)12-8-9-24(10-12)15-7-6-14-17(19(15)28-3)25(13-4-5-13)21-16(18(14)26)20(27)23-29-21/h6-7,11-13,22H,4-5,8-10H2,1-3H3,(H,23,27). The molecule has 0 bridgehead atoms. The lowest BCUT2D eigenvalue weighted by Gasteiger charge is -2.25. The summed E-state index contributed by atoms with van der Waals surface area (Å²) in [5, 5.41) is 4.20. The number of benzene rings is 1. The van der Waals surface area contributed by atoms with Crippen molar-refractivity contribution in [3.8, 4) is 5.75 Å². The Kier molecular flexibility index (Phi) is 4.43. The largest absolute Gasteiger partial charge is 0.492 e. The fraction of sp³-hybridized carbons (Fsp3) is 0.524. The molecule has 2 fully saturated rings. The Morgan fingerprint density at radius 2 is 2.07 bits per heavy atom. The fourth-order valence-corrected chi connectivity index (χ4v) is 5.58. The molecule has 2 unspecified atom stereocenters. The van der Waals surface area contributed by atoms with Gasteiger partial charge in [0, 0.05) is 25.2 Å². The maximum Gasteiger partial charge on any atom is 0.271 e. The number of hydrogen-bond donors (Lipinski definition) is 2. The molecular weight excluding hydrogens is 388 g/mol. The van der Waals surface area contributed by atoms with Crippen molar-refractivity contribution in [2.45, 2.75) is 38.3 Å². The van der Waals surface area contributed by atoms with Crippen LogP contribution in [0.15, 0.2) is 21.7 Å². The van der Waals surface area contributed by atoms with Gasteiger partial charge >= 0.3 is 0 Å². The van der Waals surface area contributed by atoms with Gasteiger partial charge in [0.15, 0.2) is 5.75 Å². The average molecular weight is 415 g/mol. The van der Waals surface area contributed by atoms with E-state index in [1.807, 2.05) is 19.2 Å². The highest BCUT2D eigenvalue weighted by molar-refractivity contribution is 7.12. The summed E-state index contributed by atoms with van der Waals surface area (Å²) in [5.74, 6) is 1.32. The van der Waals surface area contributed by atoms with Crippen LogP contribution in [0.5, 0.6) is 5.75 Å². The Labute approximate surface area is 172 Å². The molecule has 3 heterocycles. The highest BCUT2D eigenvalue weighted by Crippen LogP contribution is 2.45. The SMILES string of the molecule is CNC(C)C1CCN(c2ccc3c(=O)c4c(=O)[nH]sc4n(C4CC4)c3c2OC)C1. The molecule has 2 N–H and O–H groups in total. The van der Waals surface area contributed by atoms with Crippen LogP contribution in [-0.2, 0) is 0 Å². The highest BCUT2D eigenvalue weighted by Gasteiger charge is 2.33. The molecule has 1 saturated carbocycles. The van der Waals surface area contributed by atoms with E-state index in [4.69, 9.17) is 4.74 Å². The number of pyridine rings is 1. The van der Waals surface area contributed by atoms with E-state index in [9.17, 15) is 9.59 Å². The van der Waals surface area contributed by atoms with Crippen LogP contribution in [0.4, 0.5) is 5.69 Å². The third-order valence-electron chi connectivity index (χ3n) is 6.57. The van der Waals surface area contributed by atoms with E-state index in [1.165, 1.54) is 11.5 Å². The first-order chi connectivity index (χ1) is 14.0. The molecule has 5 rings (SSSR count). The average Bonchev–Trinajstić information content (AvgIpc) is 3.31. The van der Waals surface area contributed by atoms with Crippen LogP contribution in [0, 0.1) is 5.92 Å². The lowest BCUT2D eigenvalue weighted by atomic mass is 10.0. The number of ether oxygens (including phenoxy) is 1. The summed E-state index contributed by atoms with van der Waals surface area (Å²) >= 11 is 1.25. The van der Waals surface area contributed by atoms with Gasteiger partial charge in [-0.3, -0.25) is 14.0 Å². The lowest BCUT2D eigenvalue weighted by molar-refractivity contribution is 0.415. The molecule has 3 aromatic rings. The van der Waals surface area contributed by atoms with Crippen LogP contribution in [-0.4, -0.2) is 42.2 Å². The molecule has 29 heavy (non-hydrogen) atoms. The molecule has 0 amide bonds. The molecule has 1 aliphatic heterocycles. The van der Waals surface area contributed by atoms with E-state index >= 15 is 0 Å². The fourth-order valence-electron chi connectivity index (χ4n) is 4.66. The van der Waals surface area contributed by atoms with Crippen molar-refractivity contribution in [1.82, 2.24) is 14.3 Å². The Hall–Kier alpha value is -2.32. The molecule has 1 aliphatic carbocycles. The zero-order valence-corrected chi connectivity index (χ0v) is 17.8. The molecule has 0 radical (unpaired) electrons. The normalized spacial score (nSPS) is 20.7. The summed E-state index contributed by atoms with van der Waals surface area (Å²) in [7, 11) is 3.68. The summed E-state index contributed by atoms with van der Waals surface area (Å²) < 4.78 is 10.8. The first kappa shape index (κ1) is 18.7. The molecule has 154 valence electrons. The van der Waals surface area contributed by atoms with Crippen LogP contribution in [0.2, 0.25) is 0 Å². The number of nitrogens with one attached hydrogen (secondary N) is 2. The van der Waals surface area contributed by atoms with Gasteiger partial charge in [0.2, 0.25) is 5.43 Å². The van der Waals surface area contributed by atoms with Gasteiger partial charge in [0.1, 0.15) is 10.2 Å². The number of nitrogens with zero attached hydrogens (tertiary/aromatic N) is 2. The second-order valence-electron chi connectivity index (χ2n) is 8.23. The van der Waals surface area contributed by atoms with Crippen LogP contribution in [0.25, 0.3) is 21.1 Å². The van der Waals surface area contributed by atoms with Crippen LogP contribution >= 0.6 is 11.5 Å². The second-order valence-corrected chi connectivity index (χ2v) is 9.02. The van der Waals surface area contributed by atoms with E-state index in [-0.39, 0.29) is 16.4 Å². The molecule has 2 atom stereocenters. The highest BCUT2D eigenvalue weighted by atomic mass is 32.1. The number of anilines is 1. The lowest BCUT2D eigenvalue weighted by Crippen LogP contribution is -2.32. The Morgan fingerprint density at radius 1 is 1.28 bits per heavy atom. The minimum absolute atomic E-state index is 0.206. The number of H-pyrrole nitrogens is 1. The van der Waals surface area contributed by atoms with Gasteiger partial charge < -0.3 is 19.5 Å². The van der Waals surface area contributed by atoms with Crippen LogP contribution in [0.3, 0.4) is 0 Å². The zero-order chi connectivity index (χ0) is 20.3. The Bertz CT molecular complexity index is 1210. The van der Waals surface area contributed by atoms with E-state index in [1.54, 1.807) is 7.11 Å². The summed E-state index contributed by atoms with van der Waals surface area (Å²) in [4.78, 5) is 28.5. The Balaban J connectivity index is 1.75. The number of hydrogen-bond acceptors (Lipinski definition) is 6. The van der Waals surface area contributed by atoms with Crippen LogP contribution in [0.1, 0.15) is 32.2 Å². The van der Waals surface area contributed by atoms with E-state index in [2.05, 4.69) is 26.1 Å². The minimum Gasteiger partial charge on any atom is -0.492 e. The molecule has 1 saturated heterocycles. The molecule has 0 spiro atoms. The molecule has 1 aromatic carbocycles. The summed E-state index contributed by atoms with van der Waals surface area (Å²) in [6, 6.07) is 4.62. The van der Waals surface area contributed by atoms with Crippen molar-refractivity contribution in [1.29, 1.82) is 0 Å². The van der Waals surface area contributed by atoms with Crippen molar-refractivity contribution in [2.75, 3.05) is 32.1 Å². The van der Waals surface area contributed by atoms with Gasteiger partial charge in [-0.1, -0.05) is 0 Å². The van der Waals surface area contributed by atoms with Gasteiger partial charge in [-0.25, -0.2) is 0 Å². The first-order valence-corrected chi connectivity index (χ1v) is 11.0. The quantitative estimate of drug-likeness (QED) is 0.671. The third kappa shape index (κ3) is 2.80. The number of rotatable bonds is 5. The molecule has 7 nitrogen and oxygen atoms in total. The van der Waals surface area contributed by atoms with E-state index < -0.39 is 0 Å². The second kappa shape index (κ2) is 6.88. The first-order valence-electron chi connectivity index (χ1n) is 10.2. The topological polar surface area (TPSA) is 79.4 Å². The van der Waals surface area contributed by atoms with E-state index in [0.717, 1.165) is 54.1 Å². The Morgan fingerprint density at radius 3 is 2.76 bits per heavy atom. The smallest absolute Gasteiger partial charge is 0.271 e. The predicted molar refractivity (Wildman–Crippen MR) is 118 cm³/mol. The number of methoxy groups -OCH3 is 1. The number of aromatic nitrogens is 2. The maximum absolute atomic E-state index is 13.1. The minimum atomic E-state index is -0.294. The van der Waals surface area contributed by atoms with Gasteiger partial charge in [-0.05, 0) is 62.8 Å².